The molecule has 0 spiro atoms. The van der Waals surface area contributed by atoms with Crippen molar-refractivity contribution in [3.05, 3.63) is 0 Å². The van der Waals surface area contributed by atoms with Gasteiger partial charge in [-0.1, -0.05) is 11.8 Å². The summed E-state index contributed by atoms with van der Waals surface area (Å²) >= 11 is 1.27. The summed E-state index contributed by atoms with van der Waals surface area (Å²) in [5.41, 5.74) is 5.34. The van der Waals surface area contributed by atoms with E-state index in [0.29, 0.717) is 10.9 Å². The molecule has 1 heterocycles. The van der Waals surface area contributed by atoms with Gasteiger partial charge >= 0.3 is 0 Å². The SMILES string of the molecule is CC(C)(C)S(=O)(=O)CCSc1n[nH]c(N)n1. The number of nitrogens with one attached hydrogen (secondary N) is 1. The fourth-order valence-electron chi connectivity index (χ4n) is 0.872. The minimum Gasteiger partial charge on any atom is -0.368 e. The molecule has 0 saturated carbocycles. The molecule has 92 valence electrons. The Balaban J connectivity index is 2.48. The number of nitrogens with two attached hydrogens (primary N) is 1. The highest BCUT2D eigenvalue weighted by Gasteiger charge is 2.28. The molecule has 0 fully saturated rings. The molecule has 6 nitrogen and oxygen atoms in total. The molecule has 3 N–H and O–H groups in total. The highest BCUT2D eigenvalue weighted by Crippen LogP contribution is 2.19. The number of H-pyrrole nitrogens is 1. The summed E-state index contributed by atoms with van der Waals surface area (Å²) < 4.78 is 22.8. The fourth-order valence-corrected chi connectivity index (χ4v) is 3.15. The van der Waals surface area contributed by atoms with Crippen LogP contribution in [0.1, 0.15) is 20.8 Å². The molecule has 0 atom stereocenters. The predicted octanol–water partition coefficient (Wildman–Crippen LogP) is 0.692. The average molecular weight is 264 g/mol. The van der Waals surface area contributed by atoms with E-state index < -0.39 is 14.6 Å². The summed E-state index contributed by atoms with van der Waals surface area (Å²) in [6.45, 7) is 5.08. The van der Waals surface area contributed by atoms with Crippen molar-refractivity contribution in [1.29, 1.82) is 0 Å². The topological polar surface area (TPSA) is 102 Å². The van der Waals surface area contributed by atoms with Crippen molar-refractivity contribution >= 4 is 27.5 Å². The Kier molecular flexibility index (Phi) is 3.84. The number of nitrogen functional groups attached to an aromatic ring is 1. The summed E-state index contributed by atoms with van der Waals surface area (Å²) in [6, 6.07) is 0. The Hall–Kier alpha value is -0.760. The van der Waals surface area contributed by atoms with E-state index in [2.05, 4.69) is 15.2 Å². The van der Waals surface area contributed by atoms with Crippen LogP contribution in [0, 0.1) is 0 Å². The van der Waals surface area contributed by atoms with Gasteiger partial charge in [-0.3, -0.25) is 0 Å². The van der Waals surface area contributed by atoms with Crippen LogP contribution < -0.4 is 5.73 Å². The van der Waals surface area contributed by atoms with Gasteiger partial charge in [0.1, 0.15) is 0 Å². The van der Waals surface area contributed by atoms with Crippen LogP contribution in [0.2, 0.25) is 0 Å². The van der Waals surface area contributed by atoms with E-state index in [1.54, 1.807) is 20.8 Å². The van der Waals surface area contributed by atoms with Crippen LogP contribution in [-0.2, 0) is 9.84 Å². The number of rotatable bonds is 4. The number of hydrogen-bond acceptors (Lipinski definition) is 6. The average Bonchev–Trinajstić information content (AvgIpc) is 2.49. The molecule has 1 aromatic heterocycles. The maximum absolute atomic E-state index is 11.8. The van der Waals surface area contributed by atoms with Gasteiger partial charge in [0.05, 0.1) is 10.5 Å². The largest absolute Gasteiger partial charge is 0.368 e. The lowest BCUT2D eigenvalue weighted by Crippen LogP contribution is -2.31. The van der Waals surface area contributed by atoms with Gasteiger partial charge in [0.15, 0.2) is 9.84 Å². The number of aromatic nitrogens is 3. The van der Waals surface area contributed by atoms with E-state index >= 15 is 0 Å². The zero-order valence-electron chi connectivity index (χ0n) is 9.52. The molecule has 16 heavy (non-hydrogen) atoms. The lowest BCUT2D eigenvalue weighted by atomic mass is 10.3. The third kappa shape index (κ3) is 3.38. The van der Waals surface area contributed by atoms with Crippen LogP contribution in [0.15, 0.2) is 5.16 Å². The molecule has 0 saturated heterocycles. The van der Waals surface area contributed by atoms with Crippen molar-refractivity contribution in [2.75, 3.05) is 17.2 Å². The standard InChI is InChI=1S/C8H16N4O2S2/c1-8(2,3)16(13,14)5-4-15-7-10-6(9)11-12-7/h4-5H2,1-3H3,(H3,9,10,11,12). The van der Waals surface area contributed by atoms with Gasteiger partial charge in [0.25, 0.3) is 0 Å². The van der Waals surface area contributed by atoms with E-state index in [1.165, 1.54) is 11.8 Å². The van der Waals surface area contributed by atoms with Gasteiger partial charge in [0, 0.05) is 5.75 Å². The Bertz CT molecular complexity index is 447. The molecule has 0 aliphatic heterocycles. The zero-order valence-corrected chi connectivity index (χ0v) is 11.2. The maximum Gasteiger partial charge on any atom is 0.216 e. The summed E-state index contributed by atoms with van der Waals surface area (Å²) in [5.74, 6) is 0.771. The van der Waals surface area contributed by atoms with Gasteiger partial charge in [-0.05, 0) is 20.8 Å². The smallest absolute Gasteiger partial charge is 0.216 e. The third-order valence-corrected chi connectivity index (χ3v) is 5.71. The minimum atomic E-state index is -3.08. The lowest BCUT2D eigenvalue weighted by Gasteiger charge is -2.18. The monoisotopic (exact) mass is 264 g/mol. The first-order valence-electron chi connectivity index (χ1n) is 4.75. The molecule has 0 radical (unpaired) electrons. The lowest BCUT2D eigenvalue weighted by molar-refractivity contribution is 0.562. The minimum absolute atomic E-state index is 0.107. The summed E-state index contributed by atoms with van der Waals surface area (Å²) in [4.78, 5) is 3.87. The molecular weight excluding hydrogens is 248 g/mol. The highest BCUT2D eigenvalue weighted by atomic mass is 32.2. The second-order valence-electron chi connectivity index (χ2n) is 4.28. The van der Waals surface area contributed by atoms with Gasteiger partial charge < -0.3 is 5.73 Å². The van der Waals surface area contributed by atoms with Crippen LogP contribution >= 0.6 is 11.8 Å². The molecule has 1 aromatic rings. The van der Waals surface area contributed by atoms with Crippen LogP contribution in [-0.4, -0.2) is 39.9 Å². The number of anilines is 1. The van der Waals surface area contributed by atoms with E-state index in [9.17, 15) is 8.42 Å². The van der Waals surface area contributed by atoms with Crippen LogP contribution in [0.25, 0.3) is 0 Å². The first-order chi connectivity index (χ1) is 7.22. The third-order valence-electron chi connectivity index (χ3n) is 2.00. The zero-order chi connectivity index (χ0) is 12.4. The molecular formula is C8H16N4O2S2. The second-order valence-corrected chi connectivity index (χ2v) is 8.21. The molecule has 1 rings (SSSR count). The van der Waals surface area contributed by atoms with Crippen molar-refractivity contribution in [1.82, 2.24) is 15.2 Å². The van der Waals surface area contributed by atoms with Gasteiger partial charge in [-0.2, -0.15) is 4.98 Å². The number of aromatic amines is 1. The van der Waals surface area contributed by atoms with Crippen molar-refractivity contribution in [3.8, 4) is 0 Å². The normalized spacial score (nSPS) is 12.9. The quantitative estimate of drug-likeness (QED) is 0.776. The number of thioether (sulfide) groups is 1. The van der Waals surface area contributed by atoms with Crippen molar-refractivity contribution in [2.24, 2.45) is 0 Å². The van der Waals surface area contributed by atoms with Crippen LogP contribution in [0.5, 0.6) is 0 Å². The highest BCUT2D eigenvalue weighted by molar-refractivity contribution is 8.00. The molecule has 0 aliphatic rings. The Labute approximate surface area is 99.3 Å². The second kappa shape index (κ2) is 4.62. The first-order valence-corrected chi connectivity index (χ1v) is 7.39. The Morgan fingerprint density at radius 3 is 2.50 bits per heavy atom. The van der Waals surface area contributed by atoms with E-state index in [1.807, 2.05) is 0 Å². The summed E-state index contributed by atoms with van der Waals surface area (Å²) in [7, 11) is -3.08. The van der Waals surface area contributed by atoms with Gasteiger partial charge in [-0.25, -0.2) is 13.5 Å². The molecule has 0 amide bonds. The van der Waals surface area contributed by atoms with Crippen molar-refractivity contribution in [2.45, 2.75) is 30.7 Å². The van der Waals surface area contributed by atoms with Crippen LogP contribution in [0.3, 0.4) is 0 Å². The first kappa shape index (κ1) is 13.3. The van der Waals surface area contributed by atoms with E-state index in [-0.39, 0.29) is 11.7 Å². The van der Waals surface area contributed by atoms with Gasteiger partial charge in [0.2, 0.25) is 11.1 Å². The van der Waals surface area contributed by atoms with E-state index in [4.69, 9.17) is 5.73 Å². The van der Waals surface area contributed by atoms with Crippen molar-refractivity contribution < 1.29 is 8.42 Å². The summed E-state index contributed by atoms with van der Waals surface area (Å²) in [5, 5.41) is 6.77. The molecule has 8 heteroatoms. The van der Waals surface area contributed by atoms with Crippen LogP contribution in [0.4, 0.5) is 5.95 Å². The number of sulfone groups is 1. The molecule has 0 aliphatic carbocycles. The van der Waals surface area contributed by atoms with Gasteiger partial charge in [-0.15, -0.1) is 5.10 Å². The molecule has 0 bridgehead atoms. The Morgan fingerprint density at radius 2 is 2.06 bits per heavy atom. The summed E-state index contributed by atoms with van der Waals surface area (Å²) in [6.07, 6.45) is 0. The van der Waals surface area contributed by atoms with Crippen molar-refractivity contribution in [3.63, 3.8) is 0 Å². The Morgan fingerprint density at radius 1 is 1.44 bits per heavy atom. The number of hydrogen-bond donors (Lipinski definition) is 2. The molecule has 0 aromatic carbocycles. The fraction of sp³-hybridized carbons (Fsp3) is 0.750. The maximum atomic E-state index is 11.8. The van der Waals surface area contributed by atoms with E-state index in [0.717, 1.165) is 0 Å². The molecule has 0 unspecified atom stereocenters. The predicted molar refractivity (Wildman–Crippen MR) is 65.1 cm³/mol. The number of nitrogens with zero attached hydrogens (tertiary/aromatic N) is 2.